The van der Waals surface area contributed by atoms with Crippen molar-refractivity contribution in [3.8, 4) is 11.5 Å². The molecule has 0 fully saturated rings. The molecule has 2 aromatic rings. The zero-order valence-electron chi connectivity index (χ0n) is 16.8. The maximum Gasteiger partial charge on any atom is 0.279 e. The Balaban J connectivity index is 1.71. The third kappa shape index (κ3) is 4.17. The molecule has 0 aliphatic carbocycles. The maximum atomic E-state index is 12.6. The summed E-state index contributed by atoms with van der Waals surface area (Å²) in [5, 5.41) is 2.91. The van der Waals surface area contributed by atoms with Crippen LogP contribution in [0.25, 0.3) is 0 Å². The lowest BCUT2D eigenvalue weighted by Gasteiger charge is -2.32. The van der Waals surface area contributed by atoms with Gasteiger partial charge >= 0.3 is 0 Å². The molecule has 0 spiro atoms. The highest BCUT2D eigenvalue weighted by Crippen LogP contribution is 2.33. The average molecular weight is 383 g/mol. The van der Waals surface area contributed by atoms with Gasteiger partial charge in [0.15, 0.2) is 23.8 Å². The Bertz CT molecular complexity index is 894. The predicted octanol–water partition coefficient (Wildman–Crippen LogP) is 2.05. The summed E-state index contributed by atoms with van der Waals surface area (Å²) in [5.74, 6) is 1.36. The predicted molar refractivity (Wildman–Crippen MR) is 107 cm³/mol. The van der Waals surface area contributed by atoms with Crippen LogP contribution in [0.1, 0.15) is 41.4 Å². The summed E-state index contributed by atoms with van der Waals surface area (Å²) in [4.78, 5) is 25.3. The zero-order valence-corrected chi connectivity index (χ0v) is 16.8. The van der Waals surface area contributed by atoms with Crippen LogP contribution in [-0.4, -0.2) is 39.0 Å². The van der Waals surface area contributed by atoms with Crippen molar-refractivity contribution >= 4 is 17.4 Å². The van der Waals surface area contributed by atoms with Crippen LogP contribution in [0.15, 0.2) is 36.4 Å². The first kappa shape index (κ1) is 19.9. The van der Waals surface area contributed by atoms with E-state index in [2.05, 4.69) is 12.2 Å². The van der Waals surface area contributed by atoms with Gasteiger partial charge in [-0.2, -0.15) is 0 Å². The fourth-order valence-electron chi connectivity index (χ4n) is 3.76. The first-order valence-electron chi connectivity index (χ1n) is 9.43. The summed E-state index contributed by atoms with van der Waals surface area (Å²) in [6, 6.07) is 11.2. The number of Topliss-reactive ketones (excluding diaryl/α,β-unsaturated/α-hetero) is 1. The van der Waals surface area contributed by atoms with Crippen molar-refractivity contribution in [3.63, 3.8) is 0 Å². The Hall–Kier alpha value is -2.86. The second-order valence-corrected chi connectivity index (χ2v) is 7.15. The van der Waals surface area contributed by atoms with Crippen LogP contribution >= 0.6 is 0 Å². The Kier molecular flexibility index (Phi) is 5.99. The van der Waals surface area contributed by atoms with Gasteiger partial charge in [-0.05, 0) is 43.7 Å². The summed E-state index contributed by atoms with van der Waals surface area (Å²) in [5.41, 5.74) is 3.66. The molecule has 1 aliphatic heterocycles. The van der Waals surface area contributed by atoms with Crippen LogP contribution < -0.4 is 19.7 Å². The van der Waals surface area contributed by atoms with Crippen molar-refractivity contribution in [2.45, 2.75) is 26.3 Å². The van der Waals surface area contributed by atoms with Crippen LogP contribution in [0.4, 0.5) is 5.69 Å². The summed E-state index contributed by atoms with van der Waals surface area (Å²) < 4.78 is 10.8. The van der Waals surface area contributed by atoms with Gasteiger partial charge in [-0.1, -0.05) is 12.1 Å². The van der Waals surface area contributed by atoms with Crippen LogP contribution in [0.5, 0.6) is 11.5 Å². The number of hydrogen-bond donors (Lipinski definition) is 2. The van der Waals surface area contributed by atoms with E-state index in [9.17, 15) is 9.59 Å². The second-order valence-electron chi connectivity index (χ2n) is 7.15. The van der Waals surface area contributed by atoms with Crippen molar-refractivity contribution in [3.05, 3.63) is 53.1 Å². The van der Waals surface area contributed by atoms with E-state index < -0.39 is 0 Å². The third-order valence-corrected chi connectivity index (χ3v) is 5.38. The number of quaternary nitrogens is 1. The van der Waals surface area contributed by atoms with Gasteiger partial charge in [-0.3, -0.25) is 9.59 Å². The van der Waals surface area contributed by atoms with Gasteiger partial charge in [0.2, 0.25) is 0 Å². The number of amides is 1. The number of rotatable bonds is 6. The van der Waals surface area contributed by atoms with Crippen molar-refractivity contribution in [2.75, 3.05) is 32.6 Å². The first-order chi connectivity index (χ1) is 13.4. The number of hydrogen-bond acceptors (Lipinski definition) is 4. The van der Waals surface area contributed by atoms with Crippen molar-refractivity contribution in [2.24, 2.45) is 0 Å². The Labute approximate surface area is 165 Å². The number of anilines is 1. The fourth-order valence-corrected chi connectivity index (χ4v) is 3.76. The summed E-state index contributed by atoms with van der Waals surface area (Å²) in [6.45, 7) is 4.87. The van der Waals surface area contributed by atoms with Gasteiger partial charge in [0.05, 0.1) is 20.8 Å². The van der Waals surface area contributed by atoms with Gasteiger partial charge < -0.3 is 19.7 Å². The lowest BCUT2D eigenvalue weighted by molar-refractivity contribution is -0.924. The fraction of sp³-hybridized carbons (Fsp3) is 0.364. The topological polar surface area (TPSA) is 69.1 Å². The van der Waals surface area contributed by atoms with E-state index in [4.69, 9.17) is 9.47 Å². The van der Waals surface area contributed by atoms with E-state index in [0.29, 0.717) is 23.5 Å². The highest BCUT2D eigenvalue weighted by Gasteiger charge is 2.30. The average Bonchev–Trinajstić information content (AvgIpc) is 2.69. The van der Waals surface area contributed by atoms with Crippen LogP contribution in [0.3, 0.4) is 0 Å². The molecule has 0 aromatic heterocycles. The van der Waals surface area contributed by atoms with E-state index in [1.807, 2.05) is 12.1 Å². The van der Waals surface area contributed by atoms with Crippen molar-refractivity contribution in [1.82, 2.24) is 0 Å². The maximum absolute atomic E-state index is 12.6. The van der Waals surface area contributed by atoms with Gasteiger partial charge in [0, 0.05) is 23.2 Å². The highest BCUT2D eigenvalue weighted by atomic mass is 16.5. The van der Waals surface area contributed by atoms with E-state index in [-0.39, 0.29) is 17.7 Å². The molecule has 2 N–H and O–H groups in total. The number of nitrogens with one attached hydrogen (secondary N) is 2. The quantitative estimate of drug-likeness (QED) is 0.749. The molecule has 28 heavy (non-hydrogen) atoms. The molecule has 0 saturated heterocycles. The Morgan fingerprint density at radius 2 is 1.86 bits per heavy atom. The molecule has 6 nitrogen and oxygen atoms in total. The number of fused-ring (bicyclic) bond motifs is 1. The molecule has 1 aliphatic rings. The molecule has 1 unspecified atom stereocenters. The minimum atomic E-state index is -0.0634. The van der Waals surface area contributed by atoms with Crippen molar-refractivity contribution < 1.29 is 24.0 Å². The monoisotopic (exact) mass is 383 g/mol. The number of ketones is 1. The molecule has 0 saturated carbocycles. The molecule has 2 atom stereocenters. The van der Waals surface area contributed by atoms with E-state index in [1.54, 1.807) is 38.5 Å². The molecule has 0 bridgehead atoms. The molecule has 1 amide bonds. The second kappa shape index (κ2) is 8.44. The minimum absolute atomic E-state index is 0.0210. The van der Waals surface area contributed by atoms with Crippen LogP contribution in [0.2, 0.25) is 0 Å². The first-order valence-corrected chi connectivity index (χ1v) is 9.43. The standard InChI is InChI=1S/C22H26N2O4/c1-14-19-12-21(28-4)20(27-3)11-17(19)8-9-24(14)13-22(26)23-18-7-5-6-16(10-18)15(2)25/h5-7,10-12,14H,8-9,13H2,1-4H3,(H,23,26)/p+1/t14-/m0/s1. The van der Waals surface area contributed by atoms with Gasteiger partial charge in [0.1, 0.15) is 6.04 Å². The molecule has 0 radical (unpaired) electrons. The Morgan fingerprint density at radius 3 is 2.54 bits per heavy atom. The van der Waals surface area contributed by atoms with E-state index in [1.165, 1.54) is 23.0 Å². The molecule has 3 rings (SSSR count). The molecule has 2 aromatic carbocycles. The number of ether oxygens (including phenoxy) is 2. The highest BCUT2D eigenvalue weighted by molar-refractivity contribution is 5.97. The molecular formula is C22H27N2O4+. The smallest absolute Gasteiger partial charge is 0.279 e. The van der Waals surface area contributed by atoms with Gasteiger partial charge in [-0.15, -0.1) is 0 Å². The van der Waals surface area contributed by atoms with Gasteiger partial charge in [-0.25, -0.2) is 0 Å². The largest absolute Gasteiger partial charge is 0.493 e. The minimum Gasteiger partial charge on any atom is -0.493 e. The SMILES string of the molecule is COc1cc2c(cc1OC)[C@H](C)[NH+](CC(=O)Nc1cccc(C(C)=O)c1)CC2. The lowest BCUT2D eigenvalue weighted by Crippen LogP contribution is -3.14. The molecule has 6 heteroatoms. The zero-order chi connectivity index (χ0) is 20.3. The molecular weight excluding hydrogens is 356 g/mol. The summed E-state index contributed by atoms with van der Waals surface area (Å²) in [7, 11) is 3.27. The van der Waals surface area contributed by atoms with Gasteiger partial charge in [0.25, 0.3) is 5.91 Å². The third-order valence-electron chi connectivity index (χ3n) is 5.38. The molecule has 148 valence electrons. The Morgan fingerprint density at radius 1 is 1.14 bits per heavy atom. The lowest BCUT2D eigenvalue weighted by atomic mass is 9.93. The number of benzene rings is 2. The van der Waals surface area contributed by atoms with Crippen molar-refractivity contribution in [1.29, 1.82) is 0 Å². The summed E-state index contributed by atoms with van der Waals surface area (Å²) in [6.07, 6.45) is 0.877. The normalized spacial score (nSPS) is 18.1. The number of methoxy groups -OCH3 is 2. The van der Waals surface area contributed by atoms with Crippen LogP contribution in [-0.2, 0) is 11.2 Å². The summed E-state index contributed by atoms with van der Waals surface area (Å²) >= 11 is 0. The van der Waals surface area contributed by atoms with E-state index >= 15 is 0 Å². The number of carbonyl (C=O) groups is 2. The van der Waals surface area contributed by atoms with Crippen LogP contribution in [0, 0.1) is 0 Å². The number of carbonyl (C=O) groups excluding carboxylic acids is 2. The van der Waals surface area contributed by atoms with E-state index in [0.717, 1.165) is 18.7 Å². The molecule has 1 heterocycles.